The third-order valence-corrected chi connectivity index (χ3v) is 4.66. The van der Waals surface area contributed by atoms with Crippen LogP contribution in [0.5, 0.6) is 0 Å². The van der Waals surface area contributed by atoms with Gasteiger partial charge in [0.15, 0.2) is 5.11 Å². The monoisotopic (exact) mass is 457 g/mol. The van der Waals surface area contributed by atoms with Crippen LogP contribution in [-0.2, 0) is 6.54 Å². The Morgan fingerprint density at radius 2 is 1.64 bits per heavy atom. The Bertz CT molecular complexity index is 1010. The van der Waals surface area contributed by atoms with Crippen LogP contribution in [0.15, 0.2) is 75.8 Å². The van der Waals surface area contributed by atoms with E-state index in [1.54, 1.807) is 60.9 Å². The van der Waals surface area contributed by atoms with Crippen LogP contribution in [0.4, 0.5) is 5.69 Å². The van der Waals surface area contributed by atoms with Gasteiger partial charge in [0.25, 0.3) is 11.8 Å². The summed E-state index contributed by atoms with van der Waals surface area (Å²) in [6.45, 7) is 0.267. The molecule has 0 fully saturated rings. The number of amides is 2. The van der Waals surface area contributed by atoms with Gasteiger partial charge in [0.05, 0.1) is 29.6 Å². The first kappa shape index (κ1) is 19.8. The molecule has 0 aliphatic carbocycles. The number of hydrogen-bond donors (Lipinski definition) is 3. The van der Waals surface area contributed by atoms with Gasteiger partial charge in [0, 0.05) is 4.47 Å². The molecule has 0 saturated carbocycles. The molecule has 1 aromatic heterocycles. The molecular weight excluding hydrogens is 442 g/mol. The molecule has 2 aromatic carbocycles. The van der Waals surface area contributed by atoms with Gasteiger partial charge >= 0.3 is 0 Å². The molecule has 142 valence electrons. The fourth-order valence-corrected chi connectivity index (χ4v) is 3.10. The first-order valence-corrected chi connectivity index (χ1v) is 9.51. The molecule has 0 unspecified atom stereocenters. The molecule has 3 N–H and O–H groups in total. The maximum Gasteiger partial charge on any atom is 0.258 e. The number of halogens is 1. The highest BCUT2D eigenvalue weighted by Crippen LogP contribution is 2.17. The topological polar surface area (TPSA) is 83.4 Å². The zero-order valence-corrected chi connectivity index (χ0v) is 17.0. The first-order valence-electron chi connectivity index (χ1n) is 8.31. The van der Waals surface area contributed by atoms with E-state index in [0.717, 1.165) is 0 Å². The average molecular weight is 458 g/mol. The van der Waals surface area contributed by atoms with Gasteiger partial charge in [-0.15, -0.1) is 0 Å². The SMILES string of the molecule is O=C(NC(=S)Nc1ccccc1C(=O)NCc1ccco1)c1ccccc1Br. The predicted octanol–water partition coefficient (Wildman–Crippen LogP) is 4.10. The summed E-state index contributed by atoms with van der Waals surface area (Å²) >= 11 is 8.56. The minimum absolute atomic E-state index is 0.0898. The van der Waals surface area contributed by atoms with Crippen molar-refractivity contribution in [1.82, 2.24) is 10.6 Å². The lowest BCUT2D eigenvalue weighted by atomic mass is 10.1. The molecule has 0 radical (unpaired) electrons. The van der Waals surface area contributed by atoms with Crippen molar-refractivity contribution in [3.05, 3.63) is 88.3 Å². The molecule has 8 heteroatoms. The molecule has 0 aliphatic rings. The molecule has 0 saturated heterocycles. The van der Waals surface area contributed by atoms with E-state index in [2.05, 4.69) is 31.9 Å². The number of rotatable bonds is 5. The van der Waals surface area contributed by atoms with E-state index in [0.29, 0.717) is 27.0 Å². The van der Waals surface area contributed by atoms with Gasteiger partial charge in [-0.05, 0) is 64.5 Å². The fourth-order valence-electron chi connectivity index (χ4n) is 2.44. The Balaban J connectivity index is 1.65. The Morgan fingerprint density at radius 1 is 0.929 bits per heavy atom. The quantitative estimate of drug-likeness (QED) is 0.502. The van der Waals surface area contributed by atoms with Crippen molar-refractivity contribution in [2.45, 2.75) is 6.54 Å². The molecule has 0 spiro atoms. The third-order valence-electron chi connectivity index (χ3n) is 3.77. The molecule has 0 atom stereocenters. The van der Waals surface area contributed by atoms with Crippen LogP contribution >= 0.6 is 28.1 Å². The summed E-state index contributed by atoms with van der Waals surface area (Å²) < 4.78 is 5.87. The second kappa shape index (κ2) is 9.29. The highest BCUT2D eigenvalue weighted by atomic mass is 79.9. The van der Waals surface area contributed by atoms with E-state index in [-0.39, 0.29) is 23.5 Å². The highest BCUT2D eigenvalue weighted by molar-refractivity contribution is 9.10. The molecule has 28 heavy (non-hydrogen) atoms. The van der Waals surface area contributed by atoms with Crippen molar-refractivity contribution < 1.29 is 14.0 Å². The van der Waals surface area contributed by atoms with Crippen LogP contribution in [0.3, 0.4) is 0 Å². The largest absolute Gasteiger partial charge is 0.467 e. The Morgan fingerprint density at radius 3 is 2.36 bits per heavy atom. The average Bonchev–Trinajstić information content (AvgIpc) is 3.20. The number of benzene rings is 2. The van der Waals surface area contributed by atoms with Gasteiger partial charge < -0.3 is 15.1 Å². The van der Waals surface area contributed by atoms with Crippen LogP contribution in [0.2, 0.25) is 0 Å². The Labute approximate surface area is 175 Å². The smallest absolute Gasteiger partial charge is 0.258 e. The summed E-state index contributed by atoms with van der Waals surface area (Å²) in [5, 5.41) is 8.38. The predicted molar refractivity (Wildman–Crippen MR) is 114 cm³/mol. The zero-order valence-electron chi connectivity index (χ0n) is 14.6. The lowest BCUT2D eigenvalue weighted by Crippen LogP contribution is -2.35. The molecule has 6 nitrogen and oxygen atoms in total. The second-order valence-corrected chi connectivity index (χ2v) is 6.96. The Kier molecular flexibility index (Phi) is 6.57. The van der Waals surface area contributed by atoms with Crippen LogP contribution in [-0.4, -0.2) is 16.9 Å². The standard InChI is InChI=1S/C20H16BrN3O3S/c21-16-9-3-1-7-14(16)19(26)24-20(28)23-17-10-4-2-8-15(17)18(25)22-12-13-6-5-11-27-13/h1-11H,12H2,(H,22,25)(H2,23,24,26,28). The van der Waals surface area contributed by atoms with Crippen molar-refractivity contribution >= 4 is 50.8 Å². The molecule has 3 rings (SSSR count). The summed E-state index contributed by atoms with van der Waals surface area (Å²) in [6.07, 6.45) is 1.54. The third kappa shape index (κ3) is 5.05. The number of carbonyl (C=O) groups excluding carboxylic acids is 2. The molecule has 3 aromatic rings. The van der Waals surface area contributed by atoms with Crippen LogP contribution in [0, 0.1) is 0 Å². The minimum atomic E-state index is -0.357. The van der Waals surface area contributed by atoms with Crippen molar-refractivity contribution in [2.24, 2.45) is 0 Å². The summed E-state index contributed by atoms with van der Waals surface area (Å²) in [7, 11) is 0. The number of carbonyl (C=O) groups is 2. The summed E-state index contributed by atoms with van der Waals surface area (Å²) in [5.41, 5.74) is 1.33. The molecule has 0 bridgehead atoms. The number of para-hydroxylation sites is 1. The molecule has 2 amide bonds. The highest BCUT2D eigenvalue weighted by Gasteiger charge is 2.14. The molecular formula is C20H16BrN3O3S. The van der Waals surface area contributed by atoms with E-state index in [1.807, 2.05) is 6.07 Å². The number of hydrogen-bond acceptors (Lipinski definition) is 4. The lowest BCUT2D eigenvalue weighted by Gasteiger charge is -2.13. The summed E-state index contributed by atoms with van der Waals surface area (Å²) in [5.74, 6) is -0.000769. The number of furan rings is 1. The summed E-state index contributed by atoms with van der Waals surface area (Å²) in [4.78, 5) is 24.9. The minimum Gasteiger partial charge on any atom is -0.467 e. The molecule has 0 aliphatic heterocycles. The number of anilines is 1. The van der Waals surface area contributed by atoms with Crippen LogP contribution in [0.25, 0.3) is 0 Å². The van der Waals surface area contributed by atoms with E-state index >= 15 is 0 Å². The second-order valence-electron chi connectivity index (χ2n) is 5.70. The van der Waals surface area contributed by atoms with Crippen LogP contribution in [0.1, 0.15) is 26.5 Å². The Hall–Kier alpha value is -2.97. The lowest BCUT2D eigenvalue weighted by molar-refractivity contribution is 0.0947. The molecule has 1 heterocycles. The van der Waals surface area contributed by atoms with Gasteiger partial charge in [-0.2, -0.15) is 0 Å². The van der Waals surface area contributed by atoms with Gasteiger partial charge in [-0.1, -0.05) is 24.3 Å². The van der Waals surface area contributed by atoms with E-state index in [9.17, 15) is 9.59 Å². The van der Waals surface area contributed by atoms with Gasteiger partial charge in [0.2, 0.25) is 0 Å². The van der Waals surface area contributed by atoms with E-state index in [1.165, 1.54) is 0 Å². The van der Waals surface area contributed by atoms with Crippen molar-refractivity contribution in [3.8, 4) is 0 Å². The van der Waals surface area contributed by atoms with Crippen molar-refractivity contribution in [3.63, 3.8) is 0 Å². The van der Waals surface area contributed by atoms with Gasteiger partial charge in [-0.3, -0.25) is 14.9 Å². The van der Waals surface area contributed by atoms with Gasteiger partial charge in [0.1, 0.15) is 5.76 Å². The number of nitrogens with one attached hydrogen (secondary N) is 3. The number of thiocarbonyl (C=S) groups is 1. The van der Waals surface area contributed by atoms with E-state index < -0.39 is 0 Å². The van der Waals surface area contributed by atoms with Crippen LogP contribution < -0.4 is 16.0 Å². The van der Waals surface area contributed by atoms with Gasteiger partial charge in [-0.25, -0.2) is 0 Å². The first-order chi connectivity index (χ1) is 13.5. The van der Waals surface area contributed by atoms with E-state index in [4.69, 9.17) is 16.6 Å². The maximum atomic E-state index is 12.5. The van der Waals surface area contributed by atoms with Crippen molar-refractivity contribution in [1.29, 1.82) is 0 Å². The summed E-state index contributed by atoms with van der Waals surface area (Å²) in [6, 6.07) is 17.4. The fraction of sp³-hybridized carbons (Fsp3) is 0.0500. The van der Waals surface area contributed by atoms with Crippen molar-refractivity contribution in [2.75, 3.05) is 5.32 Å². The normalized spacial score (nSPS) is 10.2. The zero-order chi connectivity index (χ0) is 19.9. The maximum absolute atomic E-state index is 12.5.